The van der Waals surface area contributed by atoms with E-state index in [1.807, 2.05) is 0 Å². The Labute approximate surface area is 109 Å². The molecule has 0 fully saturated rings. The molecule has 0 aliphatic carbocycles. The summed E-state index contributed by atoms with van der Waals surface area (Å²) in [5, 5.41) is 2.96. The Morgan fingerprint density at radius 1 is 1.26 bits per heavy atom. The van der Waals surface area contributed by atoms with Crippen LogP contribution in [0, 0.1) is 0 Å². The molecule has 1 aromatic carbocycles. The van der Waals surface area contributed by atoms with Crippen molar-refractivity contribution in [3.63, 3.8) is 0 Å². The van der Waals surface area contributed by atoms with E-state index < -0.39 is 11.7 Å². The molecule has 2 aromatic rings. The summed E-state index contributed by atoms with van der Waals surface area (Å²) in [6, 6.07) is 5.49. The Morgan fingerprint density at radius 3 is 2.68 bits per heavy atom. The molecule has 2 rings (SSSR count). The number of aromatic nitrogens is 2. The Morgan fingerprint density at radius 2 is 2.00 bits per heavy atom. The van der Waals surface area contributed by atoms with Gasteiger partial charge in [0.25, 0.3) is 0 Å². The fourth-order valence-corrected chi connectivity index (χ4v) is 1.89. The molecule has 1 aromatic heterocycles. The van der Waals surface area contributed by atoms with E-state index in [9.17, 15) is 13.2 Å². The van der Waals surface area contributed by atoms with Gasteiger partial charge in [0.15, 0.2) is 0 Å². The van der Waals surface area contributed by atoms with Crippen LogP contribution in [0.25, 0.3) is 11.4 Å². The van der Waals surface area contributed by atoms with Crippen LogP contribution in [0.15, 0.2) is 36.7 Å². The molecule has 3 nitrogen and oxygen atoms in total. The Hall–Kier alpha value is -1.82. The van der Waals surface area contributed by atoms with Gasteiger partial charge in [-0.25, -0.2) is 4.98 Å². The Balaban J connectivity index is 2.45. The lowest BCUT2D eigenvalue weighted by atomic mass is 10.1. The van der Waals surface area contributed by atoms with Gasteiger partial charge in [-0.2, -0.15) is 13.2 Å². The minimum Gasteiger partial charge on any atom is -0.330 e. The number of halogens is 3. The SMILES string of the molecule is CNCCn1ccnc1-c1ccccc1C(F)(F)F. The van der Waals surface area contributed by atoms with Crippen LogP contribution in [0.2, 0.25) is 0 Å². The van der Waals surface area contributed by atoms with Gasteiger partial charge < -0.3 is 9.88 Å². The molecule has 0 radical (unpaired) electrons. The lowest BCUT2D eigenvalue weighted by Gasteiger charge is -2.13. The zero-order chi connectivity index (χ0) is 13.9. The third-order valence-electron chi connectivity index (χ3n) is 2.79. The predicted molar refractivity (Wildman–Crippen MR) is 66.6 cm³/mol. The predicted octanol–water partition coefficient (Wildman–Crippen LogP) is 2.79. The smallest absolute Gasteiger partial charge is 0.330 e. The van der Waals surface area contributed by atoms with E-state index >= 15 is 0 Å². The van der Waals surface area contributed by atoms with Gasteiger partial charge in [0.2, 0.25) is 0 Å². The molecule has 0 spiro atoms. The first-order chi connectivity index (χ1) is 9.04. The molecule has 0 amide bonds. The molecular weight excluding hydrogens is 255 g/mol. The first kappa shape index (κ1) is 13.6. The van der Waals surface area contributed by atoms with Crippen LogP contribution in [-0.2, 0) is 12.7 Å². The van der Waals surface area contributed by atoms with Crippen LogP contribution in [0.5, 0.6) is 0 Å². The van der Waals surface area contributed by atoms with Gasteiger partial charge in [-0.1, -0.05) is 18.2 Å². The fourth-order valence-electron chi connectivity index (χ4n) is 1.89. The summed E-state index contributed by atoms with van der Waals surface area (Å²) in [5.74, 6) is 0.336. The zero-order valence-corrected chi connectivity index (χ0v) is 10.4. The monoisotopic (exact) mass is 269 g/mol. The number of likely N-dealkylation sites (N-methyl/N-ethyl adjacent to an activating group) is 1. The second-order valence-electron chi connectivity index (χ2n) is 4.09. The molecule has 19 heavy (non-hydrogen) atoms. The van der Waals surface area contributed by atoms with Crippen LogP contribution in [0.4, 0.5) is 13.2 Å². The summed E-state index contributed by atoms with van der Waals surface area (Å²) >= 11 is 0. The van der Waals surface area contributed by atoms with E-state index in [0.29, 0.717) is 18.9 Å². The number of rotatable bonds is 4. The minimum atomic E-state index is -4.38. The normalized spacial score (nSPS) is 11.8. The maximum absolute atomic E-state index is 13.0. The summed E-state index contributed by atoms with van der Waals surface area (Å²) in [5.41, 5.74) is -0.553. The van der Waals surface area contributed by atoms with E-state index in [4.69, 9.17) is 0 Å². The highest BCUT2D eigenvalue weighted by Crippen LogP contribution is 2.36. The van der Waals surface area contributed by atoms with E-state index in [2.05, 4.69) is 10.3 Å². The first-order valence-electron chi connectivity index (χ1n) is 5.86. The third-order valence-corrected chi connectivity index (χ3v) is 2.79. The summed E-state index contributed by atoms with van der Waals surface area (Å²) in [6.45, 7) is 1.23. The van der Waals surface area contributed by atoms with Gasteiger partial charge >= 0.3 is 6.18 Å². The minimum absolute atomic E-state index is 0.108. The quantitative estimate of drug-likeness (QED) is 0.925. The van der Waals surface area contributed by atoms with Crippen molar-refractivity contribution < 1.29 is 13.2 Å². The van der Waals surface area contributed by atoms with Crippen molar-refractivity contribution in [3.05, 3.63) is 42.2 Å². The van der Waals surface area contributed by atoms with E-state index in [-0.39, 0.29) is 5.56 Å². The van der Waals surface area contributed by atoms with Crippen LogP contribution in [0.1, 0.15) is 5.56 Å². The fraction of sp³-hybridized carbons (Fsp3) is 0.308. The zero-order valence-electron chi connectivity index (χ0n) is 10.4. The van der Waals surface area contributed by atoms with Crippen molar-refractivity contribution in [1.29, 1.82) is 0 Å². The summed E-state index contributed by atoms with van der Waals surface area (Å²) in [6.07, 6.45) is -1.19. The molecular formula is C13H14F3N3. The van der Waals surface area contributed by atoms with E-state index in [0.717, 1.165) is 6.07 Å². The highest BCUT2D eigenvalue weighted by molar-refractivity contribution is 5.61. The van der Waals surface area contributed by atoms with Crippen LogP contribution in [0.3, 0.4) is 0 Å². The number of benzene rings is 1. The molecule has 0 saturated heterocycles. The van der Waals surface area contributed by atoms with Crippen molar-refractivity contribution in [3.8, 4) is 11.4 Å². The molecule has 0 unspecified atom stereocenters. The van der Waals surface area contributed by atoms with Gasteiger partial charge in [-0.15, -0.1) is 0 Å². The highest BCUT2D eigenvalue weighted by Gasteiger charge is 2.34. The molecule has 0 atom stereocenters. The summed E-state index contributed by atoms with van der Waals surface area (Å²) in [7, 11) is 1.79. The number of hydrogen-bond acceptors (Lipinski definition) is 2. The first-order valence-corrected chi connectivity index (χ1v) is 5.86. The molecule has 0 aliphatic heterocycles. The van der Waals surface area contributed by atoms with Crippen LogP contribution >= 0.6 is 0 Å². The second kappa shape index (κ2) is 5.44. The molecule has 1 heterocycles. The Bertz CT molecular complexity index is 546. The molecule has 0 bridgehead atoms. The molecule has 0 saturated carbocycles. The maximum Gasteiger partial charge on any atom is 0.417 e. The summed E-state index contributed by atoms with van der Waals surface area (Å²) < 4.78 is 40.6. The number of hydrogen-bond donors (Lipinski definition) is 1. The average molecular weight is 269 g/mol. The third kappa shape index (κ3) is 2.96. The second-order valence-corrected chi connectivity index (χ2v) is 4.09. The Kier molecular flexibility index (Phi) is 3.90. The summed E-state index contributed by atoms with van der Waals surface area (Å²) in [4.78, 5) is 4.05. The number of imidazole rings is 1. The lowest BCUT2D eigenvalue weighted by Crippen LogP contribution is -2.16. The van der Waals surface area contributed by atoms with Gasteiger partial charge in [0, 0.05) is 31.0 Å². The van der Waals surface area contributed by atoms with Crippen molar-refractivity contribution in [2.45, 2.75) is 12.7 Å². The lowest BCUT2D eigenvalue weighted by molar-refractivity contribution is -0.137. The van der Waals surface area contributed by atoms with Crippen molar-refractivity contribution in [1.82, 2.24) is 14.9 Å². The van der Waals surface area contributed by atoms with Crippen molar-refractivity contribution in [2.24, 2.45) is 0 Å². The average Bonchev–Trinajstić information content (AvgIpc) is 2.83. The molecule has 102 valence electrons. The standard InChI is InChI=1S/C13H14F3N3/c1-17-6-8-19-9-7-18-12(19)10-4-2-3-5-11(10)13(14,15)16/h2-5,7,9,17H,6,8H2,1H3. The van der Waals surface area contributed by atoms with Gasteiger partial charge in [-0.05, 0) is 13.1 Å². The van der Waals surface area contributed by atoms with Crippen LogP contribution < -0.4 is 5.32 Å². The van der Waals surface area contributed by atoms with Crippen molar-refractivity contribution in [2.75, 3.05) is 13.6 Å². The maximum atomic E-state index is 13.0. The van der Waals surface area contributed by atoms with E-state index in [1.165, 1.54) is 18.3 Å². The van der Waals surface area contributed by atoms with Gasteiger partial charge in [0.05, 0.1) is 5.56 Å². The number of nitrogens with one attached hydrogen (secondary N) is 1. The number of nitrogens with zero attached hydrogens (tertiary/aromatic N) is 2. The van der Waals surface area contributed by atoms with Gasteiger partial charge in [0.1, 0.15) is 5.82 Å². The van der Waals surface area contributed by atoms with E-state index in [1.54, 1.807) is 23.9 Å². The molecule has 0 aliphatic rings. The van der Waals surface area contributed by atoms with Gasteiger partial charge in [-0.3, -0.25) is 0 Å². The topological polar surface area (TPSA) is 29.9 Å². The highest BCUT2D eigenvalue weighted by atomic mass is 19.4. The van der Waals surface area contributed by atoms with Crippen molar-refractivity contribution >= 4 is 0 Å². The number of alkyl halides is 3. The molecule has 6 heteroatoms. The largest absolute Gasteiger partial charge is 0.417 e. The molecule has 1 N–H and O–H groups in total. The van der Waals surface area contributed by atoms with Crippen LogP contribution in [-0.4, -0.2) is 23.1 Å².